The minimum absolute atomic E-state index is 0.0320. The molecule has 2 unspecified atom stereocenters. The predicted molar refractivity (Wildman–Crippen MR) is 63.4 cm³/mol. The van der Waals surface area contributed by atoms with Gasteiger partial charge in [-0.3, -0.25) is 9.69 Å². The van der Waals surface area contributed by atoms with Crippen LogP contribution in [-0.4, -0.2) is 48.7 Å². The van der Waals surface area contributed by atoms with Gasteiger partial charge in [0.05, 0.1) is 12.6 Å². The number of primary amides is 1. The standard InChI is InChI=1S/C11H21N3O3/c1-3-17-11(16)13-9-5-4-6-14(7-9)8(2)10(12)15/h8-9H,3-7H2,1-2H3,(H2,12,15)(H,13,16). The summed E-state index contributed by atoms with van der Waals surface area (Å²) in [5, 5.41) is 2.79. The molecule has 0 spiro atoms. The van der Waals surface area contributed by atoms with Crippen molar-refractivity contribution < 1.29 is 14.3 Å². The average Bonchev–Trinajstić information content (AvgIpc) is 2.28. The minimum atomic E-state index is -0.397. The lowest BCUT2D eigenvalue weighted by Gasteiger charge is -2.35. The molecule has 2 atom stereocenters. The van der Waals surface area contributed by atoms with Gasteiger partial charge in [0.25, 0.3) is 0 Å². The summed E-state index contributed by atoms with van der Waals surface area (Å²) in [7, 11) is 0. The number of piperidine rings is 1. The SMILES string of the molecule is CCOC(=O)NC1CCCN(C(C)C(N)=O)C1. The lowest BCUT2D eigenvalue weighted by atomic mass is 10.0. The fraction of sp³-hybridized carbons (Fsp3) is 0.818. The van der Waals surface area contributed by atoms with E-state index in [-0.39, 0.29) is 18.0 Å². The number of nitrogens with two attached hydrogens (primary N) is 1. The van der Waals surface area contributed by atoms with E-state index in [4.69, 9.17) is 10.5 Å². The zero-order chi connectivity index (χ0) is 12.8. The zero-order valence-electron chi connectivity index (χ0n) is 10.4. The Bertz CT molecular complexity index is 283. The summed E-state index contributed by atoms with van der Waals surface area (Å²) in [6.45, 7) is 5.39. The van der Waals surface area contributed by atoms with Crippen LogP contribution in [-0.2, 0) is 9.53 Å². The maximum absolute atomic E-state index is 11.3. The second-order valence-corrected chi connectivity index (χ2v) is 4.28. The molecule has 0 bridgehead atoms. The van der Waals surface area contributed by atoms with Crippen LogP contribution < -0.4 is 11.1 Å². The molecule has 1 saturated heterocycles. The van der Waals surface area contributed by atoms with Crippen molar-refractivity contribution in [1.29, 1.82) is 0 Å². The van der Waals surface area contributed by atoms with Crippen LogP contribution in [0.5, 0.6) is 0 Å². The number of hydrogen-bond acceptors (Lipinski definition) is 4. The van der Waals surface area contributed by atoms with Crippen LogP contribution in [0.4, 0.5) is 4.79 Å². The summed E-state index contributed by atoms with van der Waals surface area (Å²) < 4.78 is 4.83. The Morgan fingerprint density at radius 2 is 2.29 bits per heavy atom. The van der Waals surface area contributed by atoms with Crippen LogP contribution in [0, 0.1) is 0 Å². The number of alkyl carbamates (subject to hydrolysis) is 1. The lowest BCUT2D eigenvalue weighted by molar-refractivity contribution is -0.123. The third-order valence-corrected chi connectivity index (χ3v) is 3.01. The van der Waals surface area contributed by atoms with Crippen LogP contribution in [0.15, 0.2) is 0 Å². The van der Waals surface area contributed by atoms with Gasteiger partial charge >= 0.3 is 6.09 Å². The van der Waals surface area contributed by atoms with E-state index in [1.54, 1.807) is 13.8 Å². The first kappa shape index (κ1) is 13.8. The highest BCUT2D eigenvalue weighted by Gasteiger charge is 2.27. The third-order valence-electron chi connectivity index (χ3n) is 3.01. The molecule has 1 aliphatic rings. The molecule has 1 heterocycles. The number of ether oxygens (including phenoxy) is 1. The number of amides is 2. The molecule has 1 fully saturated rings. The minimum Gasteiger partial charge on any atom is -0.450 e. The van der Waals surface area contributed by atoms with E-state index >= 15 is 0 Å². The van der Waals surface area contributed by atoms with Crippen LogP contribution >= 0.6 is 0 Å². The highest BCUT2D eigenvalue weighted by atomic mass is 16.5. The van der Waals surface area contributed by atoms with Gasteiger partial charge in [0.1, 0.15) is 0 Å². The topological polar surface area (TPSA) is 84.7 Å². The first-order valence-electron chi connectivity index (χ1n) is 6.01. The molecule has 0 aliphatic carbocycles. The molecular weight excluding hydrogens is 222 g/mol. The molecule has 0 aromatic rings. The average molecular weight is 243 g/mol. The van der Waals surface area contributed by atoms with E-state index in [0.717, 1.165) is 19.4 Å². The number of carbonyl (C=O) groups excluding carboxylic acids is 2. The molecular formula is C11H21N3O3. The molecule has 0 radical (unpaired) electrons. The molecule has 6 nitrogen and oxygen atoms in total. The Morgan fingerprint density at radius 1 is 1.59 bits per heavy atom. The summed E-state index contributed by atoms with van der Waals surface area (Å²) in [6, 6.07) is -0.258. The fourth-order valence-corrected chi connectivity index (χ4v) is 2.00. The lowest BCUT2D eigenvalue weighted by Crippen LogP contribution is -2.53. The molecule has 17 heavy (non-hydrogen) atoms. The summed E-state index contributed by atoms with van der Waals surface area (Å²) in [6.07, 6.45) is 1.45. The molecule has 0 aromatic heterocycles. The fourth-order valence-electron chi connectivity index (χ4n) is 2.00. The third kappa shape index (κ3) is 4.22. The van der Waals surface area contributed by atoms with Crippen molar-refractivity contribution in [1.82, 2.24) is 10.2 Å². The van der Waals surface area contributed by atoms with Crippen LogP contribution in [0.25, 0.3) is 0 Å². The van der Waals surface area contributed by atoms with Gasteiger partial charge in [0.2, 0.25) is 5.91 Å². The predicted octanol–water partition coefficient (Wildman–Crippen LogP) is 0.0707. The van der Waals surface area contributed by atoms with Crippen LogP contribution in [0.3, 0.4) is 0 Å². The van der Waals surface area contributed by atoms with Gasteiger partial charge in [-0.2, -0.15) is 0 Å². The Kier molecular flexibility index (Phi) is 5.21. The normalized spacial score (nSPS) is 22.8. The smallest absolute Gasteiger partial charge is 0.407 e. The van der Waals surface area contributed by atoms with Crippen LogP contribution in [0.2, 0.25) is 0 Å². The van der Waals surface area contributed by atoms with E-state index in [1.807, 2.05) is 4.90 Å². The molecule has 0 saturated carbocycles. The van der Waals surface area contributed by atoms with Crippen molar-refractivity contribution in [2.24, 2.45) is 5.73 Å². The van der Waals surface area contributed by atoms with Crippen LogP contribution in [0.1, 0.15) is 26.7 Å². The molecule has 2 amide bonds. The van der Waals surface area contributed by atoms with E-state index in [9.17, 15) is 9.59 Å². The van der Waals surface area contributed by atoms with Gasteiger partial charge in [0.15, 0.2) is 0 Å². The Labute approximate surface area is 101 Å². The van der Waals surface area contributed by atoms with Gasteiger partial charge in [-0.1, -0.05) is 0 Å². The van der Waals surface area contributed by atoms with Gasteiger partial charge in [-0.25, -0.2) is 4.79 Å². The summed E-state index contributed by atoms with van der Waals surface area (Å²) in [5.74, 6) is -0.332. The Hall–Kier alpha value is -1.30. The maximum atomic E-state index is 11.3. The number of rotatable bonds is 4. The number of carbonyl (C=O) groups is 2. The van der Waals surface area contributed by atoms with Crippen molar-refractivity contribution in [2.45, 2.75) is 38.8 Å². The number of nitrogens with one attached hydrogen (secondary N) is 1. The van der Waals surface area contributed by atoms with E-state index in [1.165, 1.54) is 0 Å². The molecule has 0 aromatic carbocycles. The molecule has 3 N–H and O–H groups in total. The van der Waals surface area contributed by atoms with Gasteiger partial charge in [0, 0.05) is 12.6 Å². The maximum Gasteiger partial charge on any atom is 0.407 e. The largest absolute Gasteiger partial charge is 0.450 e. The molecule has 1 rings (SSSR count). The second kappa shape index (κ2) is 6.44. The van der Waals surface area contributed by atoms with Crippen molar-refractivity contribution in [3.05, 3.63) is 0 Å². The van der Waals surface area contributed by atoms with Crippen molar-refractivity contribution >= 4 is 12.0 Å². The Balaban J connectivity index is 2.43. The van der Waals surface area contributed by atoms with E-state index < -0.39 is 6.09 Å². The molecule has 98 valence electrons. The highest BCUT2D eigenvalue weighted by molar-refractivity contribution is 5.79. The zero-order valence-corrected chi connectivity index (χ0v) is 10.4. The monoisotopic (exact) mass is 243 g/mol. The first-order valence-corrected chi connectivity index (χ1v) is 6.01. The van der Waals surface area contributed by atoms with E-state index in [0.29, 0.717) is 13.2 Å². The number of likely N-dealkylation sites (tertiary alicyclic amines) is 1. The van der Waals surface area contributed by atoms with Crippen molar-refractivity contribution in [3.8, 4) is 0 Å². The second-order valence-electron chi connectivity index (χ2n) is 4.28. The summed E-state index contributed by atoms with van der Waals surface area (Å²) in [4.78, 5) is 24.4. The van der Waals surface area contributed by atoms with Gasteiger partial charge in [-0.15, -0.1) is 0 Å². The summed E-state index contributed by atoms with van der Waals surface area (Å²) >= 11 is 0. The van der Waals surface area contributed by atoms with E-state index in [2.05, 4.69) is 5.32 Å². The van der Waals surface area contributed by atoms with Crippen molar-refractivity contribution in [2.75, 3.05) is 19.7 Å². The Morgan fingerprint density at radius 3 is 2.88 bits per heavy atom. The summed E-state index contributed by atoms with van der Waals surface area (Å²) in [5.41, 5.74) is 5.27. The quantitative estimate of drug-likeness (QED) is 0.732. The van der Waals surface area contributed by atoms with Gasteiger partial charge < -0.3 is 15.8 Å². The highest BCUT2D eigenvalue weighted by Crippen LogP contribution is 2.13. The molecule has 6 heteroatoms. The van der Waals surface area contributed by atoms with Gasteiger partial charge in [-0.05, 0) is 33.2 Å². The first-order chi connectivity index (χ1) is 8.04. The number of hydrogen-bond donors (Lipinski definition) is 2. The van der Waals surface area contributed by atoms with Crippen molar-refractivity contribution in [3.63, 3.8) is 0 Å². The molecule has 1 aliphatic heterocycles. The number of nitrogens with zero attached hydrogens (tertiary/aromatic N) is 1.